The lowest BCUT2D eigenvalue weighted by molar-refractivity contribution is 0.594. The van der Waals surface area contributed by atoms with Gasteiger partial charge in [-0.15, -0.1) is 0 Å². The number of nitrogens with zero attached hydrogens (tertiary/aromatic N) is 3. The van der Waals surface area contributed by atoms with E-state index in [1.807, 2.05) is 6.92 Å². The van der Waals surface area contributed by atoms with Crippen LogP contribution in [0.4, 0.5) is 5.69 Å². The van der Waals surface area contributed by atoms with Crippen LogP contribution in [0.3, 0.4) is 0 Å². The Morgan fingerprint density at radius 1 is 1.04 bits per heavy atom. The minimum atomic E-state index is -3.97. The number of anilines is 1. The van der Waals surface area contributed by atoms with Gasteiger partial charge in [0.25, 0.3) is 10.0 Å². The Kier molecular flexibility index (Phi) is 4.92. The first-order valence-electron chi connectivity index (χ1n) is 6.90. The maximum atomic E-state index is 12.7. The van der Waals surface area contributed by atoms with E-state index < -0.39 is 10.0 Å². The Labute approximate surface area is 159 Å². The van der Waals surface area contributed by atoms with Crippen LogP contribution in [0, 0.1) is 6.92 Å². The van der Waals surface area contributed by atoms with Crippen molar-refractivity contribution in [1.29, 1.82) is 0 Å². The smallest absolute Gasteiger partial charge is 0.278 e. The molecule has 25 heavy (non-hydrogen) atoms. The van der Waals surface area contributed by atoms with Crippen LogP contribution >= 0.6 is 34.8 Å². The van der Waals surface area contributed by atoms with Gasteiger partial charge >= 0.3 is 0 Å². The van der Waals surface area contributed by atoms with E-state index >= 15 is 0 Å². The fourth-order valence-electron chi connectivity index (χ4n) is 2.16. The Morgan fingerprint density at radius 2 is 1.72 bits per heavy atom. The van der Waals surface area contributed by atoms with Crippen molar-refractivity contribution in [2.45, 2.75) is 11.9 Å². The van der Waals surface area contributed by atoms with Crippen molar-refractivity contribution in [3.05, 3.63) is 63.6 Å². The zero-order chi connectivity index (χ0) is 18.2. The van der Waals surface area contributed by atoms with Gasteiger partial charge in [0.2, 0.25) is 0 Å². The van der Waals surface area contributed by atoms with Gasteiger partial charge in [0.1, 0.15) is 6.33 Å². The zero-order valence-electron chi connectivity index (χ0n) is 12.7. The van der Waals surface area contributed by atoms with Gasteiger partial charge in [-0.1, -0.05) is 34.8 Å². The van der Waals surface area contributed by atoms with Gasteiger partial charge in [-0.25, -0.2) is 9.97 Å². The molecule has 0 unspecified atom stereocenters. The first-order chi connectivity index (χ1) is 11.8. The zero-order valence-corrected chi connectivity index (χ0v) is 15.8. The summed E-state index contributed by atoms with van der Waals surface area (Å²) in [5.74, 6) is 0.259. The molecule has 0 saturated heterocycles. The van der Waals surface area contributed by atoms with Crippen LogP contribution in [-0.4, -0.2) is 23.0 Å². The number of aryl methyl sites for hydroxylation is 1. The summed E-state index contributed by atoms with van der Waals surface area (Å²) in [5.41, 5.74) is 1.08. The number of hydrogen-bond donors (Lipinski definition) is 1. The van der Waals surface area contributed by atoms with Crippen molar-refractivity contribution in [2.75, 3.05) is 4.72 Å². The maximum Gasteiger partial charge on any atom is 0.279 e. The lowest BCUT2D eigenvalue weighted by Crippen LogP contribution is -2.17. The second-order valence-corrected chi connectivity index (χ2v) is 8.09. The highest BCUT2D eigenvalue weighted by Crippen LogP contribution is 2.26. The van der Waals surface area contributed by atoms with Crippen molar-refractivity contribution in [2.24, 2.45) is 0 Å². The van der Waals surface area contributed by atoms with Gasteiger partial charge in [-0.2, -0.15) is 8.42 Å². The second kappa shape index (κ2) is 6.84. The molecule has 130 valence electrons. The van der Waals surface area contributed by atoms with Crippen LogP contribution < -0.4 is 4.72 Å². The van der Waals surface area contributed by atoms with E-state index in [1.165, 1.54) is 35.3 Å². The normalized spacial score (nSPS) is 11.5. The van der Waals surface area contributed by atoms with Crippen molar-refractivity contribution in [3.63, 3.8) is 0 Å². The summed E-state index contributed by atoms with van der Waals surface area (Å²) in [6.07, 6.45) is 4.11. The Morgan fingerprint density at radius 3 is 2.36 bits per heavy atom. The molecule has 0 radical (unpaired) electrons. The summed E-state index contributed by atoms with van der Waals surface area (Å²) in [4.78, 5) is 8.08. The van der Waals surface area contributed by atoms with Gasteiger partial charge in [0.05, 0.1) is 16.9 Å². The molecule has 1 N–H and O–H groups in total. The van der Waals surface area contributed by atoms with Crippen LogP contribution in [0.25, 0.3) is 5.82 Å². The van der Waals surface area contributed by atoms with Gasteiger partial charge in [0.15, 0.2) is 10.8 Å². The molecular weight excluding hydrogens is 407 g/mol. The minimum Gasteiger partial charge on any atom is -0.278 e. The standard InChI is InChI=1S/C15H11Cl3N4O2S/c1-9-2-13(18)15(20-6-9)22-8-19-7-14(22)25(23,24)21-12-4-10(16)3-11(17)5-12/h2-8,21H,1H3. The number of aromatic nitrogens is 3. The Hall–Kier alpha value is -1.80. The van der Waals surface area contributed by atoms with Crippen LogP contribution in [-0.2, 0) is 10.0 Å². The van der Waals surface area contributed by atoms with Gasteiger partial charge in [0, 0.05) is 16.2 Å². The molecule has 3 rings (SSSR count). The molecule has 0 aliphatic carbocycles. The molecule has 6 nitrogen and oxygen atoms in total. The van der Waals surface area contributed by atoms with Crippen LogP contribution in [0.5, 0.6) is 0 Å². The van der Waals surface area contributed by atoms with Crippen molar-refractivity contribution >= 4 is 50.5 Å². The maximum absolute atomic E-state index is 12.7. The van der Waals surface area contributed by atoms with Crippen molar-refractivity contribution in [3.8, 4) is 5.82 Å². The summed E-state index contributed by atoms with van der Waals surface area (Å²) < 4.78 is 29.2. The van der Waals surface area contributed by atoms with E-state index in [-0.39, 0.29) is 16.5 Å². The van der Waals surface area contributed by atoms with Crippen molar-refractivity contribution < 1.29 is 8.42 Å². The first kappa shape index (κ1) is 18.0. The lowest BCUT2D eigenvalue weighted by atomic mass is 10.3. The van der Waals surface area contributed by atoms with Crippen LogP contribution in [0.15, 0.2) is 48.0 Å². The molecule has 0 fully saturated rings. The number of sulfonamides is 1. The predicted octanol–water partition coefficient (Wildman–Crippen LogP) is 4.34. The van der Waals surface area contributed by atoms with Gasteiger partial charge < -0.3 is 0 Å². The molecular formula is C15H11Cl3N4O2S. The molecule has 10 heteroatoms. The first-order valence-corrected chi connectivity index (χ1v) is 9.52. The van der Waals surface area contributed by atoms with Gasteiger partial charge in [-0.3, -0.25) is 9.29 Å². The predicted molar refractivity (Wildman–Crippen MR) is 98.4 cm³/mol. The molecule has 0 bridgehead atoms. The molecule has 0 atom stereocenters. The molecule has 0 aliphatic rings. The topological polar surface area (TPSA) is 76.9 Å². The quantitative estimate of drug-likeness (QED) is 0.685. The average molecular weight is 418 g/mol. The highest BCUT2D eigenvalue weighted by Gasteiger charge is 2.22. The van der Waals surface area contributed by atoms with E-state index in [1.54, 1.807) is 12.3 Å². The highest BCUT2D eigenvalue weighted by atomic mass is 35.5. The Balaban J connectivity index is 2.03. The Bertz CT molecular complexity index is 1030. The van der Waals surface area contributed by atoms with E-state index in [0.29, 0.717) is 15.1 Å². The van der Waals surface area contributed by atoms with Crippen molar-refractivity contribution in [1.82, 2.24) is 14.5 Å². The summed E-state index contributed by atoms with van der Waals surface area (Å²) in [6, 6.07) is 6.08. The fourth-order valence-corrected chi connectivity index (χ4v) is 4.13. The number of halogens is 3. The third-order valence-electron chi connectivity index (χ3n) is 3.18. The van der Waals surface area contributed by atoms with E-state index in [0.717, 1.165) is 5.56 Å². The SMILES string of the molecule is Cc1cnc(-n2cncc2S(=O)(=O)Nc2cc(Cl)cc(Cl)c2)c(Cl)c1. The molecule has 0 saturated carbocycles. The monoisotopic (exact) mass is 416 g/mol. The molecule has 3 aromatic rings. The molecule has 2 heterocycles. The molecule has 0 spiro atoms. The second-order valence-electron chi connectivity index (χ2n) is 5.18. The van der Waals surface area contributed by atoms with Gasteiger partial charge in [-0.05, 0) is 36.8 Å². The summed E-state index contributed by atoms with van der Waals surface area (Å²) in [6.45, 7) is 1.83. The average Bonchev–Trinajstić information content (AvgIpc) is 2.95. The van der Waals surface area contributed by atoms with E-state index in [4.69, 9.17) is 34.8 Å². The molecule has 2 aromatic heterocycles. The largest absolute Gasteiger partial charge is 0.279 e. The number of imidazole rings is 1. The number of rotatable bonds is 4. The lowest BCUT2D eigenvalue weighted by Gasteiger charge is -2.12. The highest BCUT2D eigenvalue weighted by molar-refractivity contribution is 7.92. The summed E-state index contributed by atoms with van der Waals surface area (Å²) in [5, 5.41) is 0.797. The van der Waals surface area contributed by atoms with Crippen LogP contribution in [0.2, 0.25) is 15.1 Å². The number of nitrogens with one attached hydrogen (secondary N) is 1. The summed E-state index contributed by atoms with van der Waals surface area (Å²) >= 11 is 18.0. The molecule has 0 amide bonds. The third kappa shape index (κ3) is 3.90. The van der Waals surface area contributed by atoms with E-state index in [9.17, 15) is 8.42 Å². The van der Waals surface area contributed by atoms with Crippen LogP contribution in [0.1, 0.15) is 5.56 Å². The number of hydrogen-bond acceptors (Lipinski definition) is 4. The fraction of sp³-hybridized carbons (Fsp3) is 0.0667. The number of pyridine rings is 1. The third-order valence-corrected chi connectivity index (χ3v) is 5.25. The van der Waals surface area contributed by atoms with E-state index in [2.05, 4.69) is 14.7 Å². The molecule has 1 aromatic carbocycles. The molecule has 0 aliphatic heterocycles. The number of benzene rings is 1. The summed E-state index contributed by atoms with van der Waals surface area (Å²) in [7, 11) is -3.97. The minimum absolute atomic E-state index is 0.123.